The number of allylic oxidation sites excluding steroid dienone is 4. The minimum absolute atomic E-state index is 0.0362. The Kier molecular flexibility index (Phi) is 7.56. The zero-order chi connectivity index (χ0) is 18.1. The number of ketones is 1. The van der Waals surface area contributed by atoms with Crippen molar-refractivity contribution in [2.45, 2.75) is 26.7 Å². The van der Waals surface area contributed by atoms with Gasteiger partial charge in [0.1, 0.15) is 11.5 Å². The molecule has 0 saturated heterocycles. The van der Waals surface area contributed by atoms with Gasteiger partial charge in [0.15, 0.2) is 5.78 Å². The van der Waals surface area contributed by atoms with E-state index in [1.165, 1.54) is 24.3 Å². The van der Waals surface area contributed by atoms with Crippen LogP contribution < -0.4 is 0 Å². The van der Waals surface area contributed by atoms with Gasteiger partial charge in [-0.1, -0.05) is 44.7 Å². The maximum atomic E-state index is 12.3. The van der Waals surface area contributed by atoms with Crippen LogP contribution in [-0.2, 0) is 4.79 Å². The van der Waals surface area contributed by atoms with Crippen molar-refractivity contribution >= 4 is 11.9 Å². The number of carbonyl (C=O) groups is 1. The minimum Gasteiger partial charge on any atom is -0.515 e. The van der Waals surface area contributed by atoms with Gasteiger partial charge in [0.25, 0.3) is 0 Å². The molecule has 24 heavy (non-hydrogen) atoms. The molecule has 1 aromatic carbocycles. The summed E-state index contributed by atoms with van der Waals surface area (Å²) in [6, 6.07) is 6.37. The second kappa shape index (κ2) is 9.40. The van der Waals surface area contributed by atoms with E-state index < -0.39 is 5.78 Å². The molecule has 0 saturated carbocycles. The number of phenols is 1. The summed E-state index contributed by atoms with van der Waals surface area (Å²) in [6.07, 6.45) is 6.24. The molecule has 0 bridgehead atoms. The van der Waals surface area contributed by atoms with E-state index in [0.29, 0.717) is 17.9 Å². The van der Waals surface area contributed by atoms with Gasteiger partial charge in [-0.15, -0.1) is 0 Å². The second-order valence-electron chi connectivity index (χ2n) is 5.84. The molecule has 0 spiro atoms. The standard InChI is InChI=1S/C20H24O4/c1-4-18(20(24)16(13-21)9-5-14(2)3)19(23)12-8-15-6-10-17(22)11-7-15/h4,6-8,10-14,21-22,24H,1,5,9H2,2-3H3/b12-8+,16-13+,20-18-. The monoisotopic (exact) mass is 328 g/mol. The SMILES string of the molecule is C=C/C(C(=O)/C=C/c1ccc(O)cc1)=C(O)\C(=C\O)CCC(C)C. The first-order chi connectivity index (χ1) is 11.4. The summed E-state index contributed by atoms with van der Waals surface area (Å²) in [4.78, 5) is 12.3. The zero-order valence-corrected chi connectivity index (χ0v) is 14.1. The van der Waals surface area contributed by atoms with Crippen molar-refractivity contribution < 1.29 is 20.1 Å². The number of benzene rings is 1. The lowest BCUT2D eigenvalue weighted by molar-refractivity contribution is -0.111. The summed E-state index contributed by atoms with van der Waals surface area (Å²) in [5.41, 5.74) is 1.08. The lowest BCUT2D eigenvalue weighted by atomic mass is 9.98. The summed E-state index contributed by atoms with van der Waals surface area (Å²) in [6.45, 7) is 7.64. The third-order valence-electron chi connectivity index (χ3n) is 3.50. The third kappa shape index (κ3) is 5.80. The van der Waals surface area contributed by atoms with Crippen molar-refractivity contribution in [2.24, 2.45) is 5.92 Å². The molecule has 0 aromatic heterocycles. The molecule has 0 aliphatic heterocycles. The number of aromatic hydroxyl groups is 1. The Morgan fingerprint density at radius 2 is 1.88 bits per heavy atom. The van der Waals surface area contributed by atoms with Crippen LogP contribution in [0.5, 0.6) is 5.75 Å². The van der Waals surface area contributed by atoms with Crippen molar-refractivity contribution in [3.05, 3.63) is 71.7 Å². The van der Waals surface area contributed by atoms with Gasteiger partial charge >= 0.3 is 0 Å². The van der Waals surface area contributed by atoms with Gasteiger partial charge < -0.3 is 15.3 Å². The molecule has 0 atom stereocenters. The number of hydrogen-bond donors (Lipinski definition) is 3. The predicted octanol–water partition coefficient (Wildman–Crippen LogP) is 4.85. The summed E-state index contributed by atoms with van der Waals surface area (Å²) in [5.74, 6) is -0.122. The molecule has 1 rings (SSSR count). The smallest absolute Gasteiger partial charge is 0.189 e. The Morgan fingerprint density at radius 3 is 2.38 bits per heavy atom. The summed E-state index contributed by atoms with van der Waals surface area (Å²) >= 11 is 0. The topological polar surface area (TPSA) is 77.8 Å². The fourth-order valence-electron chi connectivity index (χ4n) is 2.02. The highest BCUT2D eigenvalue weighted by molar-refractivity contribution is 6.08. The molecular weight excluding hydrogens is 304 g/mol. The van der Waals surface area contributed by atoms with Gasteiger partial charge in [-0.25, -0.2) is 0 Å². The molecule has 0 fully saturated rings. The van der Waals surface area contributed by atoms with E-state index in [2.05, 4.69) is 6.58 Å². The molecule has 4 heteroatoms. The lowest BCUT2D eigenvalue weighted by Crippen LogP contribution is -2.04. The van der Waals surface area contributed by atoms with Gasteiger partial charge in [-0.2, -0.15) is 0 Å². The molecular formula is C20H24O4. The molecule has 0 unspecified atom stereocenters. The quantitative estimate of drug-likeness (QED) is 0.362. The summed E-state index contributed by atoms with van der Waals surface area (Å²) in [5, 5.41) is 28.8. The molecule has 1 aromatic rings. The van der Waals surface area contributed by atoms with Gasteiger partial charge in [0.2, 0.25) is 0 Å². The van der Waals surface area contributed by atoms with E-state index in [4.69, 9.17) is 0 Å². The number of aliphatic hydroxyl groups excluding tert-OH is 2. The zero-order valence-electron chi connectivity index (χ0n) is 14.1. The van der Waals surface area contributed by atoms with Crippen LogP contribution in [0.2, 0.25) is 0 Å². The Labute approximate surface area is 142 Å². The van der Waals surface area contributed by atoms with E-state index >= 15 is 0 Å². The first kappa shape index (κ1) is 19.3. The number of rotatable bonds is 8. The van der Waals surface area contributed by atoms with Crippen LogP contribution in [0.25, 0.3) is 6.08 Å². The highest BCUT2D eigenvalue weighted by Crippen LogP contribution is 2.21. The molecule has 4 nitrogen and oxygen atoms in total. The van der Waals surface area contributed by atoms with Crippen LogP contribution in [0.4, 0.5) is 0 Å². The van der Waals surface area contributed by atoms with Crippen molar-refractivity contribution in [3.63, 3.8) is 0 Å². The van der Waals surface area contributed by atoms with Crippen LogP contribution in [0.3, 0.4) is 0 Å². The van der Waals surface area contributed by atoms with Crippen LogP contribution in [0.1, 0.15) is 32.3 Å². The summed E-state index contributed by atoms with van der Waals surface area (Å²) in [7, 11) is 0. The van der Waals surface area contributed by atoms with Gasteiger partial charge in [-0.05, 0) is 42.5 Å². The molecule has 0 heterocycles. The van der Waals surface area contributed by atoms with Crippen LogP contribution in [0.15, 0.2) is 66.2 Å². The fourth-order valence-corrected chi connectivity index (χ4v) is 2.02. The number of hydrogen-bond acceptors (Lipinski definition) is 4. The average molecular weight is 328 g/mol. The number of phenolic OH excluding ortho intramolecular Hbond substituents is 1. The van der Waals surface area contributed by atoms with E-state index in [1.807, 2.05) is 13.8 Å². The van der Waals surface area contributed by atoms with E-state index in [9.17, 15) is 20.1 Å². The second-order valence-corrected chi connectivity index (χ2v) is 5.84. The maximum Gasteiger partial charge on any atom is 0.189 e. The molecule has 0 aliphatic rings. The lowest BCUT2D eigenvalue weighted by Gasteiger charge is -2.10. The molecule has 0 radical (unpaired) electrons. The van der Waals surface area contributed by atoms with Crippen molar-refractivity contribution in [2.75, 3.05) is 0 Å². The highest BCUT2D eigenvalue weighted by atomic mass is 16.3. The van der Waals surface area contributed by atoms with Gasteiger partial charge in [0.05, 0.1) is 11.8 Å². The number of carbonyl (C=O) groups excluding carboxylic acids is 1. The Balaban J connectivity index is 2.98. The normalized spacial score (nSPS) is 13.2. The molecule has 3 N–H and O–H groups in total. The van der Waals surface area contributed by atoms with Crippen molar-refractivity contribution in [3.8, 4) is 5.75 Å². The average Bonchev–Trinajstić information content (AvgIpc) is 2.55. The van der Waals surface area contributed by atoms with Crippen LogP contribution in [0, 0.1) is 5.92 Å². The Morgan fingerprint density at radius 1 is 1.25 bits per heavy atom. The first-order valence-electron chi connectivity index (χ1n) is 7.79. The molecule has 128 valence electrons. The predicted molar refractivity (Wildman–Crippen MR) is 96.8 cm³/mol. The van der Waals surface area contributed by atoms with Crippen molar-refractivity contribution in [1.29, 1.82) is 0 Å². The Hall–Kier alpha value is -2.75. The number of aliphatic hydroxyl groups is 2. The highest BCUT2D eigenvalue weighted by Gasteiger charge is 2.14. The molecule has 0 amide bonds. The van der Waals surface area contributed by atoms with Gasteiger partial charge in [-0.3, -0.25) is 4.79 Å². The molecule has 0 aliphatic carbocycles. The van der Waals surface area contributed by atoms with E-state index in [-0.39, 0.29) is 17.1 Å². The third-order valence-corrected chi connectivity index (χ3v) is 3.50. The minimum atomic E-state index is -0.417. The largest absolute Gasteiger partial charge is 0.515 e. The van der Waals surface area contributed by atoms with E-state index in [0.717, 1.165) is 18.2 Å². The maximum absolute atomic E-state index is 12.3. The Bertz CT molecular complexity index is 661. The fraction of sp³-hybridized carbons (Fsp3) is 0.250. The first-order valence-corrected chi connectivity index (χ1v) is 7.79. The summed E-state index contributed by atoms with van der Waals surface area (Å²) < 4.78 is 0. The van der Waals surface area contributed by atoms with Crippen LogP contribution in [-0.4, -0.2) is 21.1 Å². The van der Waals surface area contributed by atoms with E-state index in [1.54, 1.807) is 18.2 Å². The van der Waals surface area contributed by atoms with Gasteiger partial charge in [0, 0.05) is 5.57 Å². The van der Waals surface area contributed by atoms with Crippen LogP contribution >= 0.6 is 0 Å². The van der Waals surface area contributed by atoms with Crippen molar-refractivity contribution in [1.82, 2.24) is 0 Å².